The quantitative estimate of drug-likeness (QED) is 0.617. The second-order valence-electron chi connectivity index (χ2n) is 9.39. The minimum Gasteiger partial charge on any atom is -0.469 e. The minimum absolute atomic E-state index is 0.00452. The molecule has 3 aliphatic rings. The van der Waals surface area contributed by atoms with Gasteiger partial charge in [-0.05, 0) is 62.9 Å². The summed E-state index contributed by atoms with van der Waals surface area (Å²) in [6.45, 7) is 9.07. The highest BCUT2D eigenvalue weighted by Crippen LogP contribution is 2.66. The molecule has 1 saturated carbocycles. The Morgan fingerprint density at radius 1 is 1.28 bits per heavy atom. The Labute approximate surface area is 152 Å². The summed E-state index contributed by atoms with van der Waals surface area (Å²) in [4.78, 5) is 11.9. The van der Waals surface area contributed by atoms with E-state index in [9.17, 15) is 9.90 Å². The van der Waals surface area contributed by atoms with E-state index in [2.05, 4.69) is 26.8 Å². The molecule has 4 nitrogen and oxygen atoms in total. The molecular weight excluding hydrogens is 316 g/mol. The van der Waals surface area contributed by atoms with Gasteiger partial charge in [0, 0.05) is 12.0 Å². The lowest BCUT2D eigenvalue weighted by Gasteiger charge is -2.61. The molecule has 1 heterocycles. The maximum atomic E-state index is 11.9. The molecule has 0 radical (unpaired) electrons. The molecule has 0 bridgehead atoms. The van der Waals surface area contributed by atoms with Crippen molar-refractivity contribution in [3.05, 3.63) is 11.6 Å². The predicted octanol–water partition coefficient (Wildman–Crippen LogP) is 4.01. The van der Waals surface area contributed by atoms with E-state index in [1.807, 2.05) is 6.92 Å². The molecule has 0 aromatic heterocycles. The number of aliphatic hydroxyl groups is 1. The first-order valence-electron chi connectivity index (χ1n) is 9.70. The number of methoxy groups -OCH3 is 1. The van der Waals surface area contributed by atoms with Gasteiger partial charge < -0.3 is 14.6 Å². The molecule has 142 valence electrons. The molecule has 1 spiro atoms. The van der Waals surface area contributed by atoms with Gasteiger partial charge in [-0.2, -0.15) is 0 Å². The third-order valence-electron chi connectivity index (χ3n) is 7.81. The molecule has 0 unspecified atom stereocenters. The van der Waals surface area contributed by atoms with Crippen LogP contribution in [0.15, 0.2) is 11.6 Å². The van der Waals surface area contributed by atoms with Gasteiger partial charge in [-0.3, -0.25) is 4.79 Å². The van der Waals surface area contributed by atoms with Gasteiger partial charge in [0.05, 0.1) is 24.7 Å². The lowest BCUT2D eigenvalue weighted by atomic mass is 9.46. The number of hydrogen-bond donors (Lipinski definition) is 1. The van der Waals surface area contributed by atoms with Crippen molar-refractivity contribution in [2.75, 3.05) is 13.7 Å². The van der Waals surface area contributed by atoms with Crippen molar-refractivity contribution >= 4 is 5.97 Å². The third-order valence-corrected chi connectivity index (χ3v) is 7.81. The summed E-state index contributed by atoms with van der Waals surface area (Å²) in [6, 6.07) is 0. The summed E-state index contributed by atoms with van der Waals surface area (Å²) >= 11 is 0. The average molecular weight is 350 g/mol. The van der Waals surface area contributed by atoms with Gasteiger partial charge in [0.1, 0.15) is 0 Å². The first-order chi connectivity index (χ1) is 11.6. The smallest absolute Gasteiger partial charge is 0.308 e. The summed E-state index contributed by atoms with van der Waals surface area (Å²) in [7, 11) is 1.44. The highest BCUT2D eigenvalue weighted by atomic mass is 16.5. The predicted molar refractivity (Wildman–Crippen MR) is 97.1 cm³/mol. The number of carbonyl (C=O) groups is 1. The SMILES string of the molecule is COC(=O)C[C@]1(C)CC[C@@]2(O1)C(C)=CC[C@H]1[C@](C)(CO)CCC[C@@]12C. The number of fused-ring (bicyclic) bond motifs is 2. The number of allylic oxidation sites excluding steroid dienone is 1. The van der Waals surface area contributed by atoms with Gasteiger partial charge in [0.15, 0.2) is 0 Å². The molecule has 1 saturated heterocycles. The number of aliphatic hydroxyl groups excluding tert-OH is 1. The van der Waals surface area contributed by atoms with Crippen molar-refractivity contribution in [2.45, 2.75) is 83.8 Å². The molecule has 2 aliphatic carbocycles. The monoisotopic (exact) mass is 350 g/mol. The van der Waals surface area contributed by atoms with E-state index in [1.165, 1.54) is 12.7 Å². The van der Waals surface area contributed by atoms with Crippen molar-refractivity contribution in [1.29, 1.82) is 0 Å². The maximum absolute atomic E-state index is 11.9. The fourth-order valence-corrected chi connectivity index (χ4v) is 6.25. The van der Waals surface area contributed by atoms with Crippen molar-refractivity contribution in [3.8, 4) is 0 Å². The summed E-state index contributed by atoms with van der Waals surface area (Å²) in [5.74, 6) is 0.200. The van der Waals surface area contributed by atoms with E-state index in [0.29, 0.717) is 12.3 Å². The van der Waals surface area contributed by atoms with Crippen LogP contribution < -0.4 is 0 Å². The average Bonchev–Trinajstić information content (AvgIpc) is 2.92. The molecule has 2 fully saturated rings. The van der Waals surface area contributed by atoms with Crippen LogP contribution in [0.4, 0.5) is 0 Å². The van der Waals surface area contributed by atoms with Crippen LogP contribution in [-0.2, 0) is 14.3 Å². The number of hydrogen-bond acceptors (Lipinski definition) is 4. The lowest BCUT2D eigenvalue weighted by molar-refractivity contribution is -0.199. The highest BCUT2D eigenvalue weighted by molar-refractivity contribution is 5.70. The van der Waals surface area contributed by atoms with Crippen LogP contribution in [0.2, 0.25) is 0 Å². The molecular formula is C21H34O4. The maximum Gasteiger partial charge on any atom is 0.308 e. The first kappa shape index (κ1) is 18.9. The fraction of sp³-hybridized carbons (Fsp3) is 0.857. The first-order valence-corrected chi connectivity index (χ1v) is 9.70. The molecule has 0 aromatic carbocycles. The summed E-state index contributed by atoms with van der Waals surface area (Å²) in [6.07, 6.45) is 8.77. The van der Waals surface area contributed by atoms with Gasteiger partial charge >= 0.3 is 5.97 Å². The Morgan fingerprint density at radius 3 is 2.64 bits per heavy atom. The molecule has 1 aliphatic heterocycles. The van der Waals surface area contributed by atoms with E-state index >= 15 is 0 Å². The Morgan fingerprint density at radius 2 is 2.00 bits per heavy atom. The fourth-order valence-electron chi connectivity index (χ4n) is 6.25. The number of rotatable bonds is 3. The van der Waals surface area contributed by atoms with E-state index < -0.39 is 5.60 Å². The summed E-state index contributed by atoms with van der Waals surface area (Å²) in [5, 5.41) is 10.1. The van der Waals surface area contributed by atoms with E-state index in [0.717, 1.165) is 38.5 Å². The standard InChI is InChI=1S/C21H34O4/c1-15-7-8-16-18(2,14-22)9-6-10-20(16,4)21(15)12-11-19(3,25-21)13-17(23)24-5/h7,16,22H,6,8-14H2,1-5H3/t16-,18-,19-,20-,21+/m0/s1. The largest absolute Gasteiger partial charge is 0.469 e. The van der Waals surface area contributed by atoms with Crippen LogP contribution in [0.25, 0.3) is 0 Å². The van der Waals surface area contributed by atoms with Gasteiger partial charge in [-0.25, -0.2) is 0 Å². The number of carbonyl (C=O) groups excluding carboxylic acids is 1. The molecule has 3 rings (SSSR count). The van der Waals surface area contributed by atoms with Gasteiger partial charge in [0.25, 0.3) is 0 Å². The summed E-state index contributed by atoms with van der Waals surface area (Å²) in [5.41, 5.74) is 0.453. The van der Waals surface area contributed by atoms with Gasteiger partial charge in [0.2, 0.25) is 0 Å². The van der Waals surface area contributed by atoms with Crippen molar-refractivity contribution < 1.29 is 19.4 Å². The van der Waals surface area contributed by atoms with Crippen LogP contribution in [-0.4, -0.2) is 36.0 Å². The zero-order chi connectivity index (χ0) is 18.5. The van der Waals surface area contributed by atoms with Crippen LogP contribution in [0.3, 0.4) is 0 Å². The second-order valence-corrected chi connectivity index (χ2v) is 9.39. The normalized spacial score (nSPS) is 46.6. The zero-order valence-electron chi connectivity index (χ0n) is 16.5. The second kappa shape index (κ2) is 6.09. The molecule has 0 aromatic rings. The number of ether oxygens (including phenoxy) is 2. The van der Waals surface area contributed by atoms with Crippen molar-refractivity contribution in [1.82, 2.24) is 0 Å². The zero-order valence-corrected chi connectivity index (χ0v) is 16.5. The molecule has 0 amide bonds. The van der Waals surface area contributed by atoms with Crippen LogP contribution in [0, 0.1) is 16.7 Å². The third kappa shape index (κ3) is 2.68. The Kier molecular flexibility index (Phi) is 4.61. The number of esters is 1. The van der Waals surface area contributed by atoms with E-state index in [-0.39, 0.29) is 29.0 Å². The molecule has 25 heavy (non-hydrogen) atoms. The van der Waals surface area contributed by atoms with Crippen molar-refractivity contribution in [3.63, 3.8) is 0 Å². The lowest BCUT2D eigenvalue weighted by Crippen LogP contribution is -2.60. The molecule has 4 heteroatoms. The van der Waals surface area contributed by atoms with Crippen LogP contribution in [0.1, 0.15) is 72.6 Å². The Bertz CT molecular complexity index is 584. The molecule has 1 N–H and O–H groups in total. The Balaban J connectivity index is 1.99. The highest BCUT2D eigenvalue weighted by Gasteiger charge is 2.65. The topological polar surface area (TPSA) is 55.8 Å². The van der Waals surface area contributed by atoms with E-state index in [4.69, 9.17) is 9.47 Å². The van der Waals surface area contributed by atoms with Crippen LogP contribution >= 0.6 is 0 Å². The Hall–Kier alpha value is -0.870. The van der Waals surface area contributed by atoms with Crippen LogP contribution in [0.5, 0.6) is 0 Å². The minimum atomic E-state index is -0.472. The van der Waals surface area contributed by atoms with Gasteiger partial charge in [-0.15, -0.1) is 0 Å². The molecule has 5 atom stereocenters. The van der Waals surface area contributed by atoms with E-state index in [1.54, 1.807) is 0 Å². The van der Waals surface area contributed by atoms with Gasteiger partial charge in [-0.1, -0.05) is 26.3 Å². The van der Waals surface area contributed by atoms with Crippen molar-refractivity contribution in [2.24, 2.45) is 16.7 Å². The summed E-state index contributed by atoms with van der Waals surface area (Å²) < 4.78 is 11.7.